The zero-order chi connectivity index (χ0) is 16.8. The lowest BCUT2D eigenvalue weighted by molar-refractivity contribution is -0.140. The largest absolute Gasteiger partial charge is 0.469 e. The van der Waals surface area contributed by atoms with Gasteiger partial charge in [0, 0.05) is 26.6 Å². The molecule has 0 spiro atoms. The monoisotopic (exact) mass is 443 g/mol. The van der Waals surface area contributed by atoms with E-state index in [-0.39, 0.29) is 35.5 Å². The summed E-state index contributed by atoms with van der Waals surface area (Å²) in [6.07, 6.45) is 4.59. The van der Waals surface area contributed by atoms with Gasteiger partial charge >= 0.3 is 5.97 Å². The predicted octanol–water partition coefficient (Wildman–Crippen LogP) is 2.71. The minimum Gasteiger partial charge on any atom is -0.469 e. The van der Waals surface area contributed by atoms with Crippen LogP contribution in [0.3, 0.4) is 0 Å². The third-order valence-electron chi connectivity index (χ3n) is 3.34. The van der Waals surface area contributed by atoms with Crippen LogP contribution < -0.4 is 10.6 Å². The molecule has 138 valence electrons. The summed E-state index contributed by atoms with van der Waals surface area (Å²) in [5, 5.41) is 6.55. The van der Waals surface area contributed by atoms with Gasteiger partial charge in [0.15, 0.2) is 5.96 Å². The van der Waals surface area contributed by atoms with Crippen molar-refractivity contribution >= 4 is 35.9 Å². The van der Waals surface area contributed by atoms with Crippen LogP contribution in [0.5, 0.6) is 0 Å². The van der Waals surface area contributed by atoms with Crippen molar-refractivity contribution in [3.8, 4) is 0 Å². The summed E-state index contributed by atoms with van der Waals surface area (Å²) in [6, 6.07) is 0. The molecule has 0 heterocycles. The van der Waals surface area contributed by atoms with Crippen LogP contribution in [0.15, 0.2) is 4.99 Å². The van der Waals surface area contributed by atoms with E-state index >= 15 is 0 Å². The van der Waals surface area contributed by atoms with Crippen molar-refractivity contribution in [3.63, 3.8) is 0 Å². The number of rotatable bonds is 11. The van der Waals surface area contributed by atoms with Crippen molar-refractivity contribution in [1.29, 1.82) is 0 Å². The van der Waals surface area contributed by atoms with Gasteiger partial charge in [0.05, 0.1) is 19.3 Å². The van der Waals surface area contributed by atoms with Crippen molar-refractivity contribution in [2.24, 2.45) is 4.99 Å². The highest BCUT2D eigenvalue weighted by atomic mass is 127. The summed E-state index contributed by atoms with van der Waals surface area (Å²) in [5.74, 6) is 0.697. The van der Waals surface area contributed by atoms with Gasteiger partial charge < -0.3 is 20.1 Å². The fraction of sp³-hybridized carbons (Fsp3) is 0.875. The van der Waals surface area contributed by atoms with Gasteiger partial charge in [-0.1, -0.05) is 12.8 Å². The number of carbonyl (C=O) groups excluding carboxylic acids is 1. The molecule has 0 aromatic rings. The van der Waals surface area contributed by atoms with Crippen molar-refractivity contribution in [3.05, 3.63) is 0 Å². The number of ether oxygens (including phenoxy) is 2. The zero-order valence-electron chi connectivity index (χ0n) is 15.2. The lowest BCUT2D eigenvalue weighted by Crippen LogP contribution is -2.39. The number of methoxy groups -OCH3 is 2. The zero-order valence-corrected chi connectivity index (χ0v) is 17.6. The molecule has 2 N–H and O–H groups in total. The Bertz CT molecular complexity index is 337. The van der Waals surface area contributed by atoms with E-state index in [9.17, 15) is 4.79 Å². The standard InChI is InChI=1S/C16H33N3O3.HI/c1-6-17-15(19-13-16(2,3)22-5)18-12-10-8-7-9-11-14(20)21-4;/h6-13H2,1-5H3,(H2,17,18,19);1H. The second kappa shape index (κ2) is 15.0. The molecule has 0 fully saturated rings. The Kier molecular flexibility index (Phi) is 16.1. The van der Waals surface area contributed by atoms with E-state index in [1.165, 1.54) is 7.11 Å². The molecular formula is C16H34IN3O3. The second-order valence-corrected chi connectivity index (χ2v) is 5.83. The number of nitrogens with zero attached hydrogens (tertiary/aromatic N) is 1. The summed E-state index contributed by atoms with van der Waals surface area (Å²) in [7, 11) is 3.13. The highest BCUT2D eigenvalue weighted by Crippen LogP contribution is 2.07. The van der Waals surface area contributed by atoms with E-state index in [2.05, 4.69) is 20.4 Å². The van der Waals surface area contributed by atoms with E-state index in [1.54, 1.807) is 7.11 Å². The summed E-state index contributed by atoms with van der Waals surface area (Å²) in [5.41, 5.74) is -0.254. The van der Waals surface area contributed by atoms with Crippen LogP contribution in [0.1, 0.15) is 52.9 Å². The van der Waals surface area contributed by atoms with Crippen LogP contribution in [-0.2, 0) is 14.3 Å². The Balaban J connectivity index is 0. The van der Waals surface area contributed by atoms with Crippen LogP contribution in [0.2, 0.25) is 0 Å². The maximum absolute atomic E-state index is 11.0. The first-order chi connectivity index (χ1) is 10.4. The number of hydrogen-bond acceptors (Lipinski definition) is 4. The molecule has 0 bridgehead atoms. The van der Waals surface area contributed by atoms with Crippen LogP contribution >= 0.6 is 24.0 Å². The molecule has 0 radical (unpaired) electrons. The van der Waals surface area contributed by atoms with Crippen LogP contribution in [0.4, 0.5) is 0 Å². The lowest BCUT2D eigenvalue weighted by atomic mass is 10.1. The molecular weight excluding hydrogens is 409 g/mol. The molecule has 0 rings (SSSR count). The third kappa shape index (κ3) is 14.7. The van der Waals surface area contributed by atoms with Crippen molar-refractivity contribution in [1.82, 2.24) is 10.6 Å². The molecule has 0 aliphatic rings. The normalized spacial score (nSPS) is 11.6. The maximum atomic E-state index is 11.0. The van der Waals surface area contributed by atoms with Gasteiger partial charge in [0.2, 0.25) is 0 Å². The van der Waals surface area contributed by atoms with E-state index < -0.39 is 0 Å². The topological polar surface area (TPSA) is 72.0 Å². The van der Waals surface area contributed by atoms with Crippen molar-refractivity contribution < 1.29 is 14.3 Å². The van der Waals surface area contributed by atoms with Crippen LogP contribution in [-0.4, -0.2) is 51.4 Å². The SMILES string of the molecule is CCNC(=NCC(C)(C)OC)NCCCCCCC(=O)OC.I. The smallest absolute Gasteiger partial charge is 0.305 e. The lowest BCUT2D eigenvalue weighted by Gasteiger charge is -2.21. The first kappa shape index (κ1) is 24.7. The second-order valence-electron chi connectivity index (χ2n) is 5.83. The molecule has 0 aliphatic carbocycles. The van der Waals surface area contributed by atoms with Gasteiger partial charge in [-0.25, -0.2) is 0 Å². The average Bonchev–Trinajstić information content (AvgIpc) is 2.51. The average molecular weight is 443 g/mol. The molecule has 0 aliphatic heterocycles. The Labute approximate surface area is 158 Å². The first-order valence-corrected chi connectivity index (χ1v) is 8.09. The molecule has 0 aromatic heterocycles. The van der Waals surface area contributed by atoms with Gasteiger partial charge in [0.25, 0.3) is 0 Å². The maximum Gasteiger partial charge on any atom is 0.305 e. The predicted molar refractivity (Wildman–Crippen MR) is 106 cm³/mol. The van der Waals surface area contributed by atoms with Crippen LogP contribution in [0, 0.1) is 0 Å². The molecule has 0 aromatic carbocycles. The van der Waals surface area contributed by atoms with E-state index in [0.29, 0.717) is 13.0 Å². The summed E-state index contributed by atoms with van der Waals surface area (Å²) in [4.78, 5) is 15.5. The quantitative estimate of drug-likeness (QED) is 0.169. The number of carbonyl (C=O) groups is 1. The minimum absolute atomic E-state index is 0. The Morgan fingerprint density at radius 2 is 1.74 bits per heavy atom. The molecule has 7 heteroatoms. The van der Waals surface area contributed by atoms with Crippen LogP contribution in [0.25, 0.3) is 0 Å². The fourth-order valence-electron chi connectivity index (χ4n) is 1.73. The number of nitrogens with one attached hydrogen (secondary N) is 2. The Hall–Kier alpha value is -0.570. The third-order valence-corrected chi connectivity index (χ3v) is 3.34. The molecule has 0 amide bonds. The molecule has 23 heavy (non-hydrogen) atoms. The minimum atomic E-state index is -0.254. The van der Waals surface area contributed by atoms with E-state index in [1.807, 2.05) is 20.8 Å². The van der Waals surface area contributed by atoms with Crippen molar-refractivity contribution in [2.75, 3.05) is 33.9 Å². The van der Waals surface area contributed by atoms with Gasteiger partial charge in [0.1, 0.15) is 0 Å². The number of hydrogen-bond donors (Lipinski definition) is 2. The van der Waals surface area contributed by atoms with Gasteiger partial charge in [-0.05, 0) is 33.6 Å². The highest BCUT2D eigenvalue weighted by molar-refractivity contribution is 14.0. The number of esters is 1. The summed E-state index contributed by atoms with van der Waals surface area (Å²) < 4.78 is 9.98. The number of guanidine groups is 1. The summed E-state index contributed by atoms with van der Waals surface area (Å²) in [6.45, 7) is 8.39. The highest BCUT2D eigenvalue weighted by Gasteiger charge is 2.15. The van der Waals surface area contributed by atoms with Crippen molar-refractivity contribution in [2.45, 2.75) is 58.5 Å². The Morgan fingerprint density at radius 1 is 1.09 bits per heavy atom. The number of halogens is 1. The van der Waals surface area contributed by atoms with Gasteiger partial charge in [-0.2, -0.15) is 0 Å². The van der Waals surface area contributed by atoms with E-state index in [4.69, 9.17) is 4.74 Å². The van der Waals surface area contributed by atoms with Gasteiger partial charge in [-0.15, -0.1) is 24.0 Å². The fourth-order valence-corrected chi connectivity index (χ4v) is 1.73. The number of aliphatic imine (C=N–C) groups is 1. The van der Waals surface area contributed by atoms with E-state index in [0.717, 1.165) is 44.7 Å². The molecule has 0 atom stereocenters. The summed E-state index contributed by atoms with van der Waals surface area (Å²) >= 11 is 0. The molecule has 0 saturated heterocycles. The number of unbranched alkanes of at least 4 members (excludes halogenated alkanes) is 3. The molecule has 0 saturated carbocycles. The first-order valence-electron chi connectivity index (χ1n) is 8.09. The van der Waals surface area contributed by atoms with Gasteiger partial charge in [-0.3, -0.25) is 9.79 Å². The molecule has 0 unspecified atom stereocenters. The Morgan fingerprint density at radius 3 is 2.30 bits per heavy atom. The molecule has 6 nitrogen and oxygen atoms in total.